The highest BCUT2D eigenvalue weighted by molar-refractivity contribution is 4.92. The Bertz CT molecular complexity index is 174. The lowest BCUT2D eigenvalue weighted by Crippen LogP contribution is -2.42. The lowest BCUT2D eigenvalue weighted by molar-refractivity contribution is -0.256. The number of halogens is 3. The summed E-state index contributed by atoms with van der Waals surface area (Å²) in [7, 11) is 0. The Morgan fingerprint density at radius 1 is 1.42 bits per heavy atom. The van der Waals surface area contributed by atoms with Crippen LogP contribution in [-0.4, -0.2) is 16.9 Å². The molecule has 1 saturated carbocycles. The fourth-order valence-electron chi connectivity index (χ4n) is 1.31. The van der Waals surface area contributed by atoms with Gasteiger partial charge in [-0.05, 0) is 31.6 Å². The minimum absolute atomic E-state index is 0.0571. The zero-order valence-corrected chi connectivity index (χ0v) is 7.15. The molecule has 1 aliphatic rings. The van der Waals surface area contributed by atoms with Crippen molar-refractivity contribution in [3.63, 3.8) is 0 Å². The predicted octanol–water partition coefficient (Wildman–Crippen LogP) is 2.35. The molecular formula is C8H13F3O. The van der Waals surface area contributed by atoms with Crippen LogP contribution in [0.1, 0.15) is 26.7 Å². The highest BCUT2D eigenvalue weighted by Gasteiger charge is 2.53. The molecule has 4 heteroatoms. The fraction of sp³-hybridized carbons (Fsp3) is 1.00. The van der Waals surface area contributed by atoms with E-state index < -0.39 is 11.8 Å². The first-order chi connectivity index (χ1) is 5.24. The average molecular weight is 182 g/mol. The number of rotatable bonds is 2. The molecule has 1 rings (SSSR count). The molecule has 0 radical (unpaired) electrons. The molecule has 0 aromatic heterocycles. The summed E-state index contributed by atoms with van der Waals surface area (Å²) in [5.74, 6) is 0.403. The first-order valence-electron chi connectivity index (χ1n) is 4.03. The third-order valence-electron chi connectivity index (χ3n) is 2.55. The van der Waals surface area contributed by atoms with E-state index in [4.69, 9.17) is 5.11 Å². The fourth-order valence-corrected chi connectivity index (χ4v) is 1.31. The van der Waals surface area contributed by atoms with Crippen LogP contribution in [0, 0.1) is 11.8 Å². The highest BCUT2D eigenvalue weighted by Crippen LogP contribution is 2.47. The zero-order valence-electron chi connectivity index (χ0n) is 7.15. The van der Waals surface area contributed by atoms with Crippen molar-refractivity contribution in [1.82, 2.24) is 0 Å². The SMILES string of the molecule is CC1CC1CC(C)(O)C(F)(F)F. The number of hydrogen-bond donors (Lipinski definition) is 1. The molecule has 0 spiro atoms. The molecule has 72 valence electrons. The molecule has 3 unspecified atom stereocenters. The van der Waals surface area contributed by atoms with Crippen LogP contribution < -0.4 is 0 Å². The van der Waals surface area contributed by atoms with Crippen molar-refractivity contribution in [3.05, 3.63) is 0 Å². The number of hydrogen-bond acceptors (Lipinski definition) is 1. The first-order valence-corrected chi connectivity index (χ1v) is 4.03. The Morgan fingerprint density at radius 2 is 1.83 bits per heavy atom. The molecule has 1 N–H and O–H groups in total. The van der Waals surface area contributed by atoms with Crippen molar-refractivity contribution in [2.45, 2.75) is 38.5 Å². The van der Waals surface area contributed by atoms with Gasteiger partial charge in [0.1, 0.15) is 0 Å². The van der Waals surface area contributed by atoms with E-state index in [-0.39, 0.29) is 12.3 Å². The van der Waals surface area contributed by atoms with Gasteiger partial charge in [0.05, 0.1) is 0 Å². The van der Waals surface area contributed by atoms with E-state index in [2.05, 4.69) is 0 Å². The predicted molar refractivity (Wildman–Crippen MR) is 38.6 cm³/mol. The Hall–Kier alpha value is -0.250. The largest absolute Gasteiger partial charge is 0.416 e. The van der Waals surface area contributed by atoms with Gasteiger partial charge >= 0.3 is 6.18 Å². The van der Waals surface area contributed by atoms with E-state index >= 15 is 0 Å². The van der Waals surface area contributed by atoms with Gasteiger partial charge < -0.3 is 5.11 Å². The van der Waals surface area contributed by atoms with Crippen molar-refractivity contribution in [1.29, 1.82) is 0 Å². The lowest BCUT2D eigenvalue weighted by atomic mass is 9.98. The van der Waals surface area contributed by atoms with Gasteiger partial charge in [-0.1, -0.05) is 6.92 Å². The minimum Gasteiger partial charge on any atom is -0.381 e. The van der Waals surface area contributed by atoms with Gasteiger partial charge in [-0.15, -0.1) is 0 Å². The second kappa shape index (κ2) is 2.62. The maximum atomic E-state index is 12.1. The Morgan fingerprint density at radius 3 is 2.08 bits per heavy atom. The molecule has 0 bridgehead atoms. The molecule has 0 aromatic rings. The second-order valence-electron chi connectivity index (χ2n) is 3.95. The van der Waals surface area contributed by atoms with Crippen molar-refractivity contribution in [2.24, 2.45) is 11.8 Å². The van der Waals surface area contributed by atoms with E-state index in [0.717, 1.165) is 13.3 Å². The molecule has 0 saturated heterocycles. The van der Waals surface area contributed by atoms with Gasteiger partial charge in [-0.3, -0.25) is 0 Å². The van der Waals surface area contributed by atoms with E-state index in [1.807, 2.05) is 6.92 Å². The third-order valence-corrected chi connectivity index (χ3v) is 2.55. The maximum Gasteiger partial charge on any atom is 0.416 e. The summed E-state index contributed by atoms with van der Waals surface area (Å²) < 4.78 is 36.3. The lowest BCUT2D eigenvalue weighted by Gasteiger charge is -2.26. The van der Waals surface area contributed by atoms with E-state index in [1.54, 1.807) is 0 Å². The molecule has 12 heavy (non-hydrogen) atoms. The van der Waals surface area contributed by atoms with Crippen LogP contribution in [0.3, 0.4) is 0 Å². The van der Waals surface area contributed by atoms with E-state index in [1.165, 1.54) is 0 Å². The van der Waals surface area contributed by atoms with Crippen LogP contribution in [-0.2, 0) is 0 Å². The standard InChI is InChI=1S/C8H13F3O/c1-5-3-6(5)4-7(2,12)8(9,10)11/h5-6,12H,3-4H2,1-2H3. The van der Waals surface area contributed by atoms with Gasteiger partial charge in [0, 0.05) is 0 Å². The topological polar surface area (TPSA) is 20.2 Å². The van der Waals surface area contributed by atoms with Gasteiger partial charge in [0.15, 0.2) is 5.60 Å². The zero-order chi connectivity index (χ0) is 9.57. The summed E-state index contributed by atoms with van der Waals surface area (Å²) in [5, 5.41) is 9.05. The first kappa shape index (κ1) is 9.84. The van der Waals surface area contributed by atoms with Crippen molar-refractivity contribution in [2.75, 3.05) is 0 Å². The Kier molecular flexibility index (Phi) is 2.15. The number of aliphatic hydroxyl groups is 1. The van der Waals surface area contributed by atoms with Gasteiger partial charge in [0.2, 0.25) is 0 Å². The summed E-state index contributed by atoms with van der Waals surface area (Å²) >= 11 is 0. The van der Waals surface area contributed by atoms with Crippen LogP contribution in [0.5, 0.6) is 0 Å². The Balaban J connectivity index is 2.48. The molecule has 0 amide bonds. The van der Waals surface area contributed by atoms with Gasteiger partial charge in [-0.2, -0.15) is 13.2 Å². The average Bonchev–Trinajstić information content (AvgIpc) is 2.41. The quantitative estimate of drug-likeness (QED) is 0.695. The van der Waals surface area contributed by atoms with Crippen LogP contribution in [0.2, 0.25) is 0 Å². The maximum absolute atomic E-state index is 12.1. The molecule has 1 nitrogen and oxygen atoms in total. The monoisotopic (exact) mass is 182 g/mol. The molecular weight excluding hydrogens is 169 g/mol. The summed E-state index contributed by atoms with van der Waals surface area (Å²) in [6.45, 7) is 2.75. The smallest absolute Gasteiger partial charge is 0.381 e. The summed E-state index contributed by atoms with van der Waals surface area (Å²) in [5.41, 5.74) is -2.50. The van der Waals surface area contributed by atoms with E-state index in [0.29, 0.717) is 5.92 Å². The van der Waals surface area contributed by atoms with Crippen LogP contribution in [0.4, 0.5) is 13.2 Å². The molecule has 1 fully saturated rings. The highest BCUT2D eigenvalue weighted by atomic mass is 19.4. The van der Waals surface area contributed by atoms with Crippen LogP contribution >= 0.6 is 0 Å². The summed E-state index contributed by atoms with van der Waals surface area (Å²) in [6, 6.07) is 0. The molecule has 0 aliphatic heterocycles. The van der Waals surface area contributed by atoms with Crippen LogP contribution in [0.15, 0.2) is 0 Å². The third kappa shape index (κ3) is 1.91. The molecule has 0 heterocycles. The summed E-state index contributed by atoms with van der Waals surface area (Å²) in [6.07, 6.45) is -3.83. The summed E-state index contributed by atoms with van der Waals surface area (Å²) in [4.78, 5) is 0. The molecule has 1 aliphatic carbocycles. The van der Waals surface area contributed by atoms with Crippen molar-refractivity contribution >= 4 is 0 Å². The van der Waals surface area contributed by atoms with Crippen molar-refractivity contribution < 1.29 is 18.3 Å². The molecule has 0 aromatic carbocycles. The number of alkyl halides is 3. The van der Waals surface area contributed by atoms with Crippen LogP contribution in [0.25, 0.3) is 0 Å². The van der Waals surface area contributed by atoms with Crippen molar-refractivity contribution in [3.8, 4) is 0 Å². The van der Waals surface area contributed by atoms with E-state index in [9.17, 15) is 13.2 Å². The minimum atomic E-state index is -4.49. The second-order valence-corrected chi connectivity index (χ2v) is 3.95. The van der Waals surface area contributed by atoms with Gasteiger partial charge in [0.25, 0.3) is 0 Å². The van der Waals surface area contributed by atoms with Gasteiger partial charge in [-0.25, -0.2) is 0 Å². The normalized spacial score (nSPS) is 34.5. The Labute approximate surface area is 69.6 Å². The molecule has 3 atom stereocenters.